The summed E-state index contributed by atoms with van der Waals surface area (Å²) in [6, 6.07) is 15.2. The fraction of sp³-hybridized carbons (Fsp3) is 0.240. The van der Waals surface area contributed by atoms with Crippen molar-refractivity contribution in [3.8, 4) is 5.69 Å². The minimum atomic E-state index is -0.410. The molecule has 2 aromatic carbocycles. The maximum Gasteiger partial charge on any atom is 0.312 e. The molecular weight excluding hydrogens is 432 g/mol. The molecule has 0 bridgehead atoms. The van der Waals surface area contributed by atoms with E-state index in [9.17, 15) is 14.9 Å². The summed E-state index contributed by atoms with van der Waals surface area (Å²) in [5.74, 6) is -0.233. The second-order valence-electron chi connectivity index (χ2n) is 8.38. The lowest BCUT2D eigenvalue weighted by Gasteiger charge is -2.09. The zero-order valence-corrected chi connectivity index (χ0v) is 19.8. The summed E-state index contributed by atoms with van der Waals surface area (Å²) >= 11 is 0. The first-order valence-electron chi connectivity index (χ1n) is 10.9. The van der Waals surface area contributed by atoms with E-state index in [1.165, 1.54) is 5.56 Å². The van der Waals surface area contributed by atoms with E-state index in [4.69, 9.17) is 0 Å². The van der Waals surface area contributed by atoms with Gasteiger partial charge in [-0.1, -0.05) is 29.8 Å². The van der Waals surface area contributed by atoms with Gasteiger partial charge in [-0.2, -0.15) is 10.2 Å². The third kappa shape index (κ3) is 4.32. The van der Waals surface area contributed by atoms with Gasteiger partial charge in [-0.25, -0.2) is 4.68 Å². The lowest BCUT2D eigenvalue weighted by atomic mass is 10.1. The van der Waals surface area contributed by atoms with E-state index >= 15 is 0 Å². The number of anilines is 1. The van der Waals surface area contributed by atoms with Gasteiger partial charge in [0.15, 0.2) is 0 Å². The van der Waals surface area contributed by atoms with Gasteiger partial charge in [0.25, 0.3) is 5.91 Å². The average Bonchev–Trinajstić information content (AvgIpc) is 3.24. The summed E-state index contributed by atoms with van der Waals surface area (Å²) in [5, 5.41) is 23.1. The van der Waals surface area contributed by atoms with Gasteiger partial charge in [0, 0.05) is 5.56 Å². The second-order valence-corrected chi connectivity index (χ2v) is 8.38. The van der Waals surface area contributed by atoms with E-state index in [-0.39, 0.29) is 11.6 Å². The molecule has 0 aliphatic heterocycles. The smallest absolute Gasteiger partial charge is 0.312 e. The summed E-state index contributed by atoms with van der Waals surface area (Å²) in [6.45, 7) is 9.50. The molecule has 0 unspecified atom stereocenters. The Morgan fingerprint density at radius 3 is 2.15 bits per heavy atom. The van der Waals surface area contributed by atoms with Crippen molar-refractivity contribution in [2.24, 2.45) is 0 Å². The number of nitrogens with one attached hydrogen (secondary N) is 1. The zero-order valence-electron chi connectivity index (χ0n) is 19.8. The monoisotopic (exact) mass is 458 g/mol. The Hall–Kier alpha value is -4.27. The quantitative estimate of drug-likeness (QED) is 0.329. The first-order valence-corrected chi connectivity index (χ1v) is 10.9. The van der Waals surface area contributed by atoms with Crippen LogP contribution < -0.4 is 5.32 Å². The molecule has 1 N–H and O–H groups in total. The van der Waals surface area contributed by atoms with E-state index < -0.39 is 4.92 Å². The molecule has 4 rings (SSSR count). The second kappa shape index (κ2) is 8.93. The molecule has 9 heteroatoms. The minimum absolute atomic E-state index is 0.0351. The van der Waals surface area contributed by atoms with E-state index in [0.29, 0.717) is 29.2 Å². The number of aryl methyl sites for hydroxylation is 3. The molecule has 0 aliphatic carbocycles. The Balaban J connectivity index is 1.50. The maximum absolute atomic E-state index is 12.9. The number of carbonyl (C=O) groups is 1. The van der Waals surface area contributed by atoms with Crippen LogP contribution in [0.1, 0.15) is 44.3 Å². The predicted octanol–water partition coefficient (Wildman–Crippen LogP) is 4.82. The molecule has 0 fully saturated rings. The van der Waals surface area contributed by atoms with Gasteiger partial charge < -0.3 is 5.32 Å². The average molecular weight is 459 g/mol. The van der Waals surface area contributed by atoms with Crippen LogP contribution in [0.2, 0.25) is 0 Å². The maximum atomic E-state index is 12.9. The van der Waals surface area contributed by atoms with Crippen molar-refractivity contribution in [3.63, 3.8) is 0 Å². The topological polar surface area (TPSA) is 108 Å². The number of aromatic nitrogens is 4. The fourth-order valence-electron chi connectivity index (χ4n) is 3.99. The molecule has 1 amide bonds. The molecule has 4 aromatic rings. The van der Waals surface area contributed by atoms with Crippen LogP contribution in [-0.4, -0.2) is 30.4 Å². The fourth-order valence-corrected chi connectivity index (χ4v) is 3.99. The lowest BCUT2D eigenvalue weighted by molar-refractivity contribution is -0.386. The first-order chi connectivity index (χ1) is 16.2. The van der Waals surface area contributed by atoms with Gasteiger partial charge in [0.2, 0.25) is 0 Å². The molecule has 0 saturated carbocycles. The SMILES string of the molecule is Cc1ccc(-n2nc(C)c(NC(=O)c3ccc(Cn4nc(C)c([N+](=O)[O-])c4C)cc3)c2C)cc1. The van der Waals surface area contributed by atoms with Gasteiger partial charge in [0.05, 0.1) is 34.2 Å². The van der Waals surface area contributed by atoms with Crippen molar-refractivity contribution in [2.75, 3.05) is 5.32 Å². The number of amides is 1. The molecule has 2 aromatic heterocycles. The molecule has 9 nitrogen and oxygen atoms in total. The zero-order chi connectivity index (χ0) is 24.6. The summed E-state index contributed by atoms with van der Waals surface area (Å²) in [6.07, 6.45) is 0. The number of hydrogen-bond donors (Lipinski definition) is 1. The van der Waals surface area contributed by atoms with Gasteiger partial charge >= 0.3 is 5.69 Å². The Morgan fingerprint density at radius 2 is 1.56 bits per heavy atom. The molecule has 0 atom stereocenters. The predicted molar refractivity (Wildman–Crippen MR) is 130 cm³/mol. The van der Waals surface area contributed by atoms with E-state index in [2.05, 4.69) is 15.5 Å². The highest BCUT2D eigenvalue weighted by molar-refractivity contribution is 6.04. The van der Waals surface area contributed by atoms with Crippen LogP contribution in [0.15, 0.2) is 48.5 Å². The van der Waals surface area contributed by atoms with Crippen LogP contribution in [0.25, 0.3) is 5.69 Å². The van der Waals surface area contributed by atoms with Gasteiger partial charge in [-0.3, -0.25) is 19.6 Å². The molecule has 2 heterocycles. The molecule has 0 aliphatic rings. The summed E-state index contributed by atoms with van der Waals surface area (Å²) < 4.78 is 3.43. The largest absolute Gasteiger partial charge is 0.319 e. The van der Waals surface area contributed by atoms with E-state index in [1.54, 1.807) is 30.7 Å². The molecule has 34 heavy (non-hydrogen) atoms. The first kappa shape index (κ1) is 22.9. The summed E-state index contributed by atoms with van der Waals surface area (Å²) in [5.41, 5.74) is 6.67. The minimum Gasteiger partial charge on any atom is -0.319 e. The van der Waals surface area contributed by atoms with Crippen LogP contribution in [0.4, 0.5) is 11.4 Å². The summed E-state index contributed by atoms with van der Waals surface area (Å²) in [7, 11) is 0. The van der Waals surface area contributed by atoms with Crippen LogP contribution in [0.3, 0.4) is 0 Å². The molecule has 0 spiro atoms. The Labute approximate surface area is 197 Å². The normalized spacial score (nSPS) is 11.0. The van der Waals surface area contributed by atoms with Crippen molar-refractivity contribution < 1.29 is 9.72 Å². The van der Waals surface area contributed by atoms with Crippen LogP contribution in [0, 0.1) is 44.7 Å². The molecular formula is C25H26N6O3. The van der Waals surface area contributed by atoms with E-state index in [1.807, 2.05) is 61.9 Å². The third-order valence-corrected chi connectivity index (χ3v) is 5.88. The van der Waals surface area contributed by atoms with Crippen molar-refractivity contribution >= 4 is 17.3 Å². The third-order valence-electron chi connectivity index (χ3n) is 5.88. The Morgan fingerprint density at radius 1 is 0.912 bits per heavy atom. The number of nitrogens with zero attached hydrogens (tertiary/aromatic N) is 5. The standard InChI is InChI=1S/C25H26N6O3/c1-15-6-12-22(13-7-15)30-18(4)23(16(2)28-30)26-25(32)21-10-8-20(9-11-21)14-29-19(5)24(31(33)34)17(3)27-29/h6-13H,14H2,1-5H3,(H,26,32). The van der Waals surface area contributed by atoms with Crippen LogP contribution in [0.5, 0.6) is 0 Å². The summed E-state index contributed by atoms with van der Waals surface area (Å²) in [4.78, 5) is 23.7. The van der Waals surface area contributed by atoms with Crippen molar-refractivity contribution in [2.45, 2.75) is 41.2 Å². The van der Waals surface area contributed by atoms with E-state index in [0.717, 1.165) is 22.6 Å². The van der Waals surface area contributed by atoms with Gasteiger partial charge in [-0.05, 0) is 64.4 Å². The number of rotatable bonds is 6. The molecule has 0 saturated heterocycles. The lowest BCUT2D eigenvalue weighted by Crippen LogP contribution is -2.13. The van der Waals surface area contributed by atoms with Crippen LogP contribution in [-0.2, 0) is 6.54 Å². The number of hydrogen-bond acceptors (Lipinski definition) is 5. The highest BCUT2D eigenvalue weighted by atomic mass is 16.6. The number of nitro groups is 1. The highest BCUT2D eigenvalue weighted by Crippen LogP contribution is 2.25. The Kier molecular flexibility index (Phi) is 6.02. The van der Waals surface area contributed by atoms with Crippen molar-refractivity contribution in [1.29, 1.82) is 0 Å². The Bertz CT molecular complexity index is 1380. The highest BCUT2D eigenvalue weighted by Gasteiger charge is 2.22. The van der Waals surface area contributed by atoms with Gasteiger partial charge in [-0.15, -0.1) is 0 Å². The van der Waals surface area contributed by atoms with Crippen molar-refractivity contribution in [3.05, 3.63) is 98.1 Å². The number of benzene rings is 2. The molecule has 174 valence electrons. The van der Waals surface area contributed by atoms with Crippen molar-refractivity contribution in [1.82, 2.24) is 19.6 Å². The van der Waals surface area contributed by atoms with Crippen LogP contribution >= 0.6 is 0 Å². The number of carbonyl (C=O) groups excluding carboxylic acids is 1. The van der Waals surface area contributed by atoms with Gasteiger partial charge in [0.1, 0.15) is 11.4 Å². The molecule has 0 radical (unpaired) electrons.